The number of ether oxygens (including phenoxy) is 1. The molecule has 8 nitrogen and oxygen atoms in total. The van der Waals surface area contributed by atoms with Gasteiger partial charge in [-0.2, -0.15) is 10.4 Å². The fourth-order valence-electron chi connectivity index (χ4n) is 2.59. The van der Waals surface area contributed by atoms with Crippen molar-refractivity contribution in [2.45, 2.75) is 6.92 Å². The van der Waals surface area contributed by atoms with Gasteiger partial charge >= 0.3 is 5.97 Å². The monoisotopic (exact) mass is 421 g/mol. The fraction of sp³-hybridized carbons (Fsp3) is 0.0952. The number of rotatable bonds is 6. The topological polar surface area (TPSA) is 120 Å². The van der Waals surface area contributed by atoms with Crippen molar-refractivity contribution in [2.75, 3.05) is 12.0 Å². The second-order valence-electron chi connectivity index (χ2n) is 5.95. The molecule has 0 unspecified atom stereocenters. The Morgan fingerprint density at radius 2 is 2.10 bits per heavy atom. The summed E-state index contributed by atoms with van der Waals surface area (Å²) in [5.74, 6) is -0.430. The average molecular weight is 422 g/mol. The molecule has 0 spiro atoms. The van der Waals surface area contributed by atoms with Crippen molar-refractivity contribution in [2.24, 2.45) is 5.10 Å². The number of benzene rings is 2. The molecule has 3 aromatic rings. The largest absolute Gasteiger partial charge is 0.462 e. The van der Waals surface area contributed by atoms with E-state index >= 15 is 0 Å². The van der Waals surface area contributed by atoms with Gasteiger partial charge < -0.3 is 4.74 Å². The molecule has 3 rings (SSSR count). The van der Waals surface area contributed by atoms with Gasteiger partial charge in [0.2, 0.25) is 5.95 Å². The number of carbonyl (C=O) groups is 1. The lowest BCUT2D eigenvalue weighted by Gasteiger charge is -2.06. The maximum Gasteiger partial charge on any atom is 0.339 e. The van der Waals surface area contributed by atoms with E-state index in [1.54, 1.807) is 43.3 Å². The molecular weight excluding hydrogens is 406 g/mol. The van der Waals surface area contributed by atoms with Gasteiger partial charge in [0.25, 0.3) is 5.56 Å². The van der Waals surface area contributed by atoms with Crippen LogP contribution in [0, 0.1) is 11.3 Å². The van der Waals surface area contributed by atoms with E-state index in [-0.39, 0.29) is 34.4 Å². The van der Waals surface area contributed by atoms with E-state index in [0.717, 1.165) is 0 Å². The van der Waals surface area contributed by atoms with Crippen LogP contribution in [0.25, 0.3) is 11.3 Å². The van der Waals surface area contributed by atoms with Gasteiger partial charge in [-0.05, 0) is 24.6 Å². The van der Waals surface area contributed by atoms with Crippen LogP contribution in [-0.4, -0.2) is 28.8 Å². The smallest absolute Gasteiger partial charge is 0.339 e. The molecule has 1 aromatic heterocycles. The first-order chi connectivity index (χ1) is 14.5. The van der Waals surface area contributed by atoms with Crippen molar-refractivity contribution in [1.29, 1.82) is 5.26 Å². The number of aromatic nitrogens is 2. The third-order valence-corrected chi connectivity index (χ3v) is 4.26. The molecule has 2 aromatic carbocycles. The molecule has 0 fully saturated rings. The first-order valence-corrected chi connectivity index (χ1v) is 9.27. The van der Waals surface area contributed by atoms with Crippen LogP contribution in [-0.2, 0) is 4.74 Å². The molecule has 0 aliphatic carbocycles. The number of H-pyrrole nitrogens is 1. The number of carbonyl (C=O) groups excluding carboxylic acids is 1. The highest BCUT2D eigenvalue weighted by Gasteiger charge is 2.13. The van der Waals surface area contributed by atoms with Crippen molar-refractivity contribution >= 4 is 29.7 Å². The van der Waals surface area contributed by atoms with Crippen molar-refractivity contribution in [3.8, 4) is 17.3 Å². The minimum Gasteiger partial charge on any atom is -0.462 e. The van der Waals surface area contributed by atoms with Crippen LogP contribution in [0.3, 0.4) is 0 Å². The van der Waals surface area contributed by atoms with Crippen LogP contribution < -0.4 is 11.0 Å². The summed E-state index contributed by atoms with van der Waals surface area (Å²) in [6.07, 6.45) is 1.45. The maximum absolute atomic E-state index is 12.2. The van der Waals surface area contributed by atoms with Gasteiger partial charge in [-0.1, -0.05) is 48.0 Å². The quantitative estimate of drug-likeness (QED) is 0.356. The molecule has 0 aliphatic rings. The summed E-state index contributed by atoms with van der Waals surface area (Å²) < 4.78 is 4.93. The van der Waals surface area contributed by atoms with E-state index in [1.165, 1.54) is 12.3 Å². The Kier molecular flexibility index (Phi) is 6.57. The fourth-order valence-corrected chi connectivity index (χ4v) is 2.85. The third-order valence-electron chi connectivity index (χ3n) is 3.95. The predicted octanol–water partition coefficient (Wildman–Crippen LogP) is 3.58. The van der Waals surface area contributed by atoms with E-state index in [2.05, 4.69) is 20.5 Å². The van der Waals surface area contributed by atoms with Crippen LogP contribution >= 0.6 is 11.6 Å². The van der Waals surface area contributed by atoms with Crippen molar-refractivity contribution < 1.29 is 9.53 Å². The number of hydrazone groups is 1. The summed E-state index contributed by atoms with van der Waals surface area (Å²) in [5, 5.41) is 13.6. The first kappa shape index (κ1) is 20.8. The molecule has 9 heteroatoms. The Labute approximate surface area is 176 Å². The number of hydrogen-bond acceptors (Lipinski definition) is 7. The average Bonchev–Trinajstić information content (AvgIpc) is 2.74. The molecule has 0 atom stereocenters. The highest BCUT2D eigenvalue weighted by molar-refractivity contribution is 6.33. The van der Waals surface area contributed by atoms with Gasteiger partial charge in [0.1, 0.15) is 11.6 Å². The molecule has 0 radical (unpaired) electrons. The van der Waals surface area contributed by atoms with Crippen LogP contribution in [0.1, 0.15) is 28.4 Å². The third kappa shape index (κ3) is 4.71. The normalized spacial score (nSPS) is 10.6. The number of halogens is 1. The standard InChI is InChI=1S/C21H16ClN5O3/c1-2-30-20(29)15-9-8-13(10-17(15)22)12-24-27-21-25-18(14-6-4-3-5-7-14)16(11-23)19(28)26-21/h3-10,12H,2H2,1H3,(H2,25,26,27,28). The van der Waals surface area contributed by atoms with Gasteiger partial charge in [-0.15, -0.1) is 0 Å². The summed E-state index contributed by atoms with van der Waals surface area (Å²) in [5.41, 5.74) is 3.72. The second-order valence-corrected chi connectivity index (χ2v) is 6.35. The Balaban J connectivity index is 1.82. The number of esters is 1. The second kappa shape index (κ2) is 9.49. The van der Waals surface area contributed by atoms with Gasteiger partial charge in [0.15, 0.2) is 0 Å². The molecule has 0 aliphatic heterocycles. The Morgan fingerprint density at radius 3 is 2.77 bits per heavy atom. The number of nitrogens with zero attached hydrogens (tertiary/aromatic N) is 3. The van der Waals surface area contributed by atoms with Crippen LogP contribution in [0.15, 0.2) is 58.4 Å². The lowest BCUT2D eigenvalue weighted by atomic mass is 10.1. The van der Waals surface area contributed by atoms with Crippen molar-refractivity contribution in [1.82, 2.24) is 9.97 Å². The van der Waals surface area contributed by atoms with E-state index in [1.807, 2.05) is 12.1 Å². The molecule has 150 valence electrons. The molecular formula is C21H16ClN5O3. The Morgan fingerprint density at radius 1 is 1.33 bits per heavy atom. The summed E-state index contributed by atoms with van der Waals surface area (Å²) in [6.45, 7) is 1.96. The number of nitrogens with one attached hydrogen (secondary N) is 2. The van der Waals surface area contributed by atoms with Crippen molar-refractivity contribution in [3.63, 3.8) is 0 Å². The van der Waals surface area contributed by atoms with Crippen LogP contribution in [0.2, 0.25) is 5.02 Å². The van der Waals surface area contributed by atoms with Gasteiger partial charge in [0.05, 0.1) is 29.1 Å². The maximum atomic E-state index is 12.2. The summed E-state index contributed by atoms with van der Waals surface area (Å²) >= 11 is 6.13. The number of hydrogen-bond donors (Lipinski definition) is 2. The van der Waals surface area contributed by atoms with Gasteiger partial charge in [-0.25, -0.2) is 15.2 Å². The van der Waals surface area contributed by atoms with Crippen LogP contribution in [0.4, 0.5) is 5.95 Å². The molecule has 0 saturated heterocycles. The minimum absolute atomic E-state index is 0.0725. The lowest BCUT2D eigenvalue weighted by Crippen LogP contribution is -2.16. The zero-order valence-electron chi connectivity index (χ0n) is 15.8. The van der Waals surface area contributed by atoms with Gasteiger partial charge in [0, 0.05) is 5.56 Å². The lowest BCUT2D eigenvalue weighted by molar-refractivity contribution is 0.0526. The van der Waals surface area contributed by atoms with E-state index in [4.69, 9.17) is 16.3 Å². The molecule has 0 saturated carbocycles. The highest BCUT2D eigenvalue weighted by Crippen LogP contribution is 2.20. The minimum atomic E-state index is -0.578. The first-order valence-electron chi connectivity index (χ1n) is 8.89. The molecule has 0 bridgehead atoms. The van der Waals surface area contributed by atoms with Crippen LogP contribution in [0.5, 0.6) is 0 Å². The summed E-state index contributed by atoms with van der Waals surface area (Å²) in [4.78, 5) is 30.8. The Bertz CT molecular complexity index is 1200. The predicted molar refractivity (Wildman–Crippen MR) is 114 cm³/mol. The SMILES string of the molecule is CCOC(=O)c1ccc(C=NNc2nc(-c3ccccc3)c(C#N)c(=O)[nH]2)cc1Cl. The summed E-state index contributed by atoms with van der Waals surface area (Å²) in [7, 11) is 0. The number of aromatic amines is 1. The molecule has 2 N–H and O–H groups in total. The Hall–Kier alpha value is -3.96. The summed E-state index contributed by atoms with van der Waals surface area (Å²) in [6, 6.07) is 15.5. The van der Waals surface area contributed by atoms with E-state index in [0.29, 0.717) is 11.1 Å². The van der Waals surface area contributed by atoms with E-state index < -0.39 is 11.5 Å². The number of anilines is 1. The van der Waals surface area contributed by atoms with Gasteiger partial charge in [-0.3, -0.25) is 9.78 Å². The van der Waals surface area contributed by atoms with E-state index in [9.17, 15) is 14.9 Å². The molecule has 0 amide bonds. The number of nitriles is 1. The highest BCUT2D eigenvalue weighted by atomic mass is 35.5. The molecule has 1 heterocycles. The zero-order chi connectivity index (χ0) is 21.5. The molecule has 30 heavy (non-hydrogen) atoms. The zero-order valence-corrected chi connectivity index (χ0v) is 16.6. The van der Waals surface area contributed by atoms with Crippen molar-refractivity contribution in [3.05, 3.63) is 80.6 Å².